The Bertz CT molecular complexity index is 1560. The molecule has 3 aromatic carbocycles. The van der Waals surface area contributed by atoms with Gasteiger partial charge in [0.2, 0.25) is 0 Å². The molecule has 3 N–H and O–H groups in total. The number of carboxylic acids is 1. The molecule has 38 heavy (non-hydrogen) atoms. The monoisotopic (exact) mass is 595 g/mol. The fourth-order valence-corrected chi connectivity index (χ4v) is 5.77. The zero-order valence-corrected chi connectivity index (χ0v) is 23.5. The molecular formula is C26H24Cl2NO7PS. The van der Waals surface area contributed by atoms with Crippen molar-refractivity contribution in [2.24, 2.45) is 0 Å². The molecule has 12 heteroatoms. The number of halogens is 2. The standard InChI is InChI=1S/C26H24Cl2NO7PS/c1-36-19-6-4-7-20(15-19)37(32,33)10-9-18-12-23(27)22(24(28)13-18)16-29-25(26(30)31)14-17-5-3-8-21(11-17)38(2,34)35/h3-8,11-13,15,25,29H,14,16H2,1-2H3,(H,30,31)(H,32,33). The van der Waals surface area contributed by atoms with Gasteiger partial charge in [0.25, 0.3) is 0 Å². The van der Waals surface area contributed by atoms with Crippen LogP contribution in [-0.4, -0.2) is 43.8 Å². The largest absolute Gasteiger partial charge is 0.497 e. The number of hydrogen-bond acceptors (Lipinski definition) is 6. The van der Waals surface area contributed by atoms with Crippen molar-refractivity contribution >= 4 is 51.7 Å². The molecule has 3 aromatic rings. The third kappa shape index (κ3) is 7.84. The predicted molar refractivity (Wildman–Crippen MR) is 147 cm³/mol. The number of sulfone groups is 1. The van der Waals surface area contributed by atoms with Crippen LogP contribution in [0.15, 0.2) is 65.6 Å². The van der Waals surface area contributed by atoms with E-state index in [4.69, 9.17) is 27.9 Å². The summed E-state index contributed by atoms with van der Waals surface area (Å²) in [5.41, 5.74) is 3.62. The Labute approximate surface area is 230 Å². The SMILES string of the molecule is COc1cccc(P(=O)(O)C#Cc2cc(Cl)c(CNC(Cc3cccc(S(C)(=O)=O)c3)C(=O)O)c(Cl)c2)c1. The summed E-state index contributed by atoms with van der Waals surface area (Å²) < 4.78 is 41.4. The molecule has 0 aliphatic carbocycles. The van der Waals surface area contributed by atoms with Crippen LogP contribution in [0.4, 0.5) is 0 Å². The third-order valence-corrected chi connectivity index (χ3v) is 8.66. The van der Waals surface area contributed by atoms with E-state index in [0.717, 1.165) is 6.26 Å². The Morgan fingerprint density at radius 1 is 1.11 bits per heavy atom. The van der Waals surface area contributed by atoms with Gasteiger partial charge in [-0.25, -0.2) is 8.42 Å². The number of aliphatic carboxylic acids is 1. The predicted octanol–water partition coefficient (Wildman–Crippen LogP) is 4.10. The zero-order valence-electron chi connectivity index (χ0n) is 20.3. The van der Waals surface area contributed by atoms with Gasteiger partial charge < -0.3 is 14.7 Å². The highest BCUT2D eigenvalue weighted by Gasteiger charge is 2.21. The maximum atomic E-state index is 12.7. The fourth-order valence-electron chi connectivity index (χ4n) is 3.46. The molecule has 0 heterocycles. The van der Waals surface area contributed by atoms with Crippen LogP contribution in [0.3, 0.4) is 0 Å². The van der Waals surface area contributed by atoms with Gasteiger partial charge in [-0.15, -0.1) is 0 Å². The molecule has 3 rings (SSSR count). The Balaban J connectivity index is 1.77. The van der Waals surface area contributed by atoms with E-state index < -0.39 is 29.2 Å². The summed E-state index contributed by atoms with van der Waals surface area (Å²) in [7, 11) is -6.01. The highest BCUT2D eigenvalue weighted by Crippen LogP contribution is 2.39. The first kappa shape index (κ1) is 29.7. The highest BCUT2D eigenvalue weighted by molar-refractivity contribution is 7.90. The van der Waals surface area contributed by atoms with Crippen molar-refractivity contribution in [2.45, 2.75) is 23.9 Å². The van der Waals surface area contributed by atoms with E-state index in [1.165, 1.54) is 43.5 Å². The first-order valence-electron chi connectivity index (χ1n) is 11.0. The van der Waals surface area contributed by atoms with Gasteiger partial charge in [-0.2, -0.15) is 0 Å². The minimum absolute atomic E-state index is 0.00356. The molecule has 0 fully saturated rings. The van der Waals surface area contributed by atoms with Gasteiger partial charge in [0.05, 0.1) is 17.3 Å². The summed E-state index contributed by atoms with van der Waals surface area (Å²) in [6, 6.07) is 14.1. The van der Waals surface area contributed by atoms with Crippen molar-refractivity contribution in [2.75, 3.05) is 13.4 Å². The van der Waals surface area contributed by atoms with Crippen molar-refractivity contribution in [3.8, 4) is 17.3 Å². The average Bonchev–Trinajstić information content (AvgIpc) is 2.86. The topological polar surface area (TPSA) is 130 Å². The Morgan fingerprint density at radius 3 is 2.37 bits per heavy atom. The van der Waals surface area contributed by atoms with Crippen LogP contribution in [0.1, 0.15) is 16.7 Å². The van der Waals surface area contributed by atoms with Crippen molar-refractivity contribution in [1.82, 2.24) is 5.32 Å². The Kier molecular flexibility index (Phi) is 9.66. The second-order valence-electron chi connectivity index (χ2n) is 8.33. The number of nitrogens with one attached hydrogen (secondary N) is 1. The summed E-state index contributed by atoms with van der Waals surface area (Å²) in [5.74, 6) is 1.91. The van der Waals surface area contributed by atoms with Gasteiger partial charge in [-0.3, -0.25) is 14.7 Å². The average molecular weight is 596 g/mol. The molecule has 200 valence electrons. The molecular weight excluding hydrogens is 572 g/mol. The van der Waals surface area contributed by atoms with Gasteiger partial charge >= 0.3 is 13.3 Å². The van der Waals surface area contributed by atoms with E-state index in [1.54, 1.807) is 24.3 Å². The summed E-state index contributed by atoms with van der Waals surface area (Å²) >= 11 is 12.8. The van der Waals surface area contributed by atoms with Crippen LogP contribution in [0.5, 0.6) is 5.75 Å². The van der Waals surface area contributed by atoms with Crippen LogP contribution in [0.2, 0.25) is 10.0 Å². The van der Waals surface area contributed by atoms with Gasteiger partial charge in [0, 0.05) is 34.0 Å². The van der Waals surface area contributed by atoms with Gasteiger partial charge in [0.1, 0.15) is 11.8 Å². The van der Waals surface area contributed by atoms with Gasteiger partial charge in [-0.1, -0.05) is 47.3 Å². The first-order chi connectivity index (χ1) is 17.8. The minimum atomic E-state index is -4.02. The summed E-state index contributed by atoms with van der Waals surface area (Å²) in [5, 5.41) is 13.0. The molecule has 0 radical (unpaired) electrons. The summed E-state index contributed by atoms with van der Waals surface area (Å²) in [6.07, 6.45) is 1.10. The summed E-state index contributed by atoms with van der Waals surface area (Å²) in [4.78, 5) is 22.3. The van der Waals surface area contributed by atoms with Crippen LogP contribution in [0.25, 0.3) is 0 Å². The van der Waals surface area contributed by atoms with Crippen LogP contribution >= 0.6 is 30.6 Å². The van der Waals surface area contributed by atoms with Crippen LogP contribution in [0, 0.1) is 11.6 Å². The second-order valence-corrected chi connectivity index (χ2v) is 13.1. The Hall–Kier alpha value is -2.83. The number of ether oxygens (including phenoxy) is 1. The molecule has 0 aliphatic heterocycles. The third-order valence-electron chi connectivity index (χ3n) is 5.49. The molecule has 0 aliphatic rings. The van der Waals surface area contributed by atoms with E-state index in [2.05, 4.69) is 16.9 Å². The highest BCUT2D eigenvalue weighted by atomic mass is 35.5. The van der Waals surface area contributed by atoms with Crippen molar-refractivity contribution in [3.63, 3.8) is 0 Å². The quantitative estimate of drug-likeness (QED) is 0.249. The van der Waals surface area contributed by atoms with E-state index in [-0.39, 0.29) is 33.2 Å². The molecule has 0 spiro atoms. The molecule has 0 saturated carbocycles. The maximum Gasteiger partial charge on any atom is 0.321 e. The minimum Gasteiger partial charge on any atom is -0.497 e. The van der Waals surface area contributed by atoms with Gasteiger partial charge in [0.15, 0.2) is 9.84 Å². The molecule has 0 amide bonds. The van der Waals surface area contributed by atoms with Crippen molar-refractivity contribution in [1.29, 1.82) is 0 Å². The maximum absolute atomic E-state index is 12.7. The number of methoxy groups -OCH3 is 1. The number of benzene rings is 3. The van der Waals surface area contributed by atoms with E-state index in [1.807, 2.05) is 0 Å². The smallest absolute Gasteiger partial charge is 0.321 e. The lowest BCUT2D eigenvalue weighted by Crippen LogP contribution is -2.38. The lowest BCUT2D eigenvalue weighted by molar-refractivity contribution is -0.139. The normalized spacial score (nSPS) is 13.6. The lowest BCUT2D eigenvalue weighted by Gasteiger charge is -2.16. The number of rotatable bonds is 9. The molecule has 0 aromatic heterocycles. The molecule has 2 unspecified atom stereocenters. The van der Waals surface area contributed by atoms with E-state index in [0.29, 0.717) is 22.4 Å². The first-order valence-corrected chi connectivity index (χ1v) is 15.3. The van der Waals surface area contributed by atoms with Crippen LogP contribution < -0.4 is 15.4 Å². The summed E-state index contributed by atoms with van der Waals surface area (Å²) in [6.45, 7) is -0.00356. The molecule has 2 atom stereocenters. The fraction of sp³-hybridized carbons (Fsp3) is 0.192. The van der Waals surface area contributed by atoms with Crippen LogP contribution in [-0.2, 0) is 32.2 Å². The molecule has 0 saturated heterocycles. The van der Waals surface area contributed by atoms with Crippen molar-refractivity contribution in [3.05, 3.63) is 87.4 Å². The number of hydrogen-bond donors (Lipinski definition) is 3. The lowest BCUT2D eigenvalue weighted by atomic mass is 10.1. The second kappa shape index (κ2) is 12.4. The van der Waals surface area contributed by atoms with Gasteiger partial charge in [-0.05, 0) is 60.1 Å². The molecule has 8 nitrogen and oxygen atoms in total. The number of carboxylic acid groups (broad SMARTS) is 1. The van der Waals surface area contributed by atoms with E-state index in [9.17, 15) is 27.8 Å². The van der Waals surface area contributed by atoms with Crippen molar-refractivity contribution < 1.29 is 32.5 Å². The molecule has 0 bridgehead atoms. The number of carbonyl (C=O) groups is 1. The van der Waals surface area contributed by atoms with E-state index >= 15 is 0 Å². The Morgan fingerprint density at radius 2 is 1.76 bits per heavy atom. The zero-order chi connectivity index (χ0) is 28.1.